The van der Waals surface area contributed by atoms with Gasteiger partial charge in [-0.2, -0.15) is 0 Å². The summed E-state index contributed by atoms with van der Waals surface area (Å²) in [5, 5.41) is 4.74. The van der Waals surface area contributed by atoms with Gasteiger partial charge in [-0.1, -0.05) is 30.3 Å². The van der Waals surface area contributed by atoms with Crippen LogP contribution in [0, 0.1) is 0 Å². The highest BCUT2D eigenvalue weighted by Crippen LogP contribution is 2.17. The molecule has 0 radical (unpaired) electrons. The van der Waals surface area contributed by atoms with Gasteiger partial charge < -0.3 is 10.1 Å². The fourth-order valence-corrected chi connectivity index (χ4v) is 2.71. The second-order valence-electron chi connectivity index (χ2n) is 4.96. The summed E-state index contributed by atoms with van der Waals surface area (Å²) in [6.07, 6.45) is 0.296. The van der Waals surface area contributed by atoms with E-state index in [1.807, 2.05) is 6.07 Å². The number of hydrogen-bond donors (Lipinski definition) is 1. The van der Waals surface area contributed by atoms with Gasteiger partial charge in [-0.05, 0) is 6.92 Å². The van der Waals surface area contributed by atoms with Crippen molar-refractivity contribution in [3.05, 3.63) is 47.0 Å². The summed E-state index contributed by atoms with van der Waals surface area (Å²) in [4.78, 5) is 39.4. The van der Waals surface area contributed by atoms with Crippen molar-refractivity contribution in [3.8, 4) is 0 Å². The zero-order valence-electron chi connectivity index (χ0n) is 13.3. The van der Waals surface area contributed by atoms with Gasteiger partial charge in [0.05, 0.1) is 18.7 Å². The minimum absolute atomic E-state index is 0.0760. The third kappa shape index (κ3) is 5.58. The molecule has 126 valence electrons. The van der Waals surface area contributed by atoms with Crippen LogP contribution in [0.1, 0.15) is 35.8 Å². The third-order valence-electron chi connectivity index (χ3n) is 3.10. The van der Waals surface area contributed by atoms with Crippen molar-refractivity contribution in [1.82, 2.24) is 4.98 Å². The molecule has 1 heterocycles. The molecule has 0 atom stereocenters. The number of Topliss-reactive ketones (excluding diaryl/α,β-unsaturated/α-hetero) is 1. The number of carbonyl (C=O) groups excluding carboxylic acids is 3. The molecule has 0 aliphatic rings. The van der Waals surface area contributed by atoms with E-state index in [1.54, 1.807) is 36.6 Å². The Labute approximate surface area is 143 Å². The van der Waals surface area contributed by atoms with Gasteiger partial charge in [0.2, 0.25) is 5.91 Å². The second kappa shape index (κ2) is 8.93. The van der Waals surface area contributed by atoms with E-state index in [0.29, 0.717) is 23.0 Å². The predicted molar refractivity (Wildman–Crippen MR) is 91.1 cm³/mol. The Kier molecular flexibility index (Phi) is 6.62. The first-order valence-electron chi connectivity index (χ1n) is 7.56. The van der Waals surface area contributed by atoms with Crippen LogP contribution in [0.5, 0.6) is 0 Å². The van der Waals surface area contributed by atoms with E-state index in [4.69, 9.17) is 4.74 Å². The number of aromatic nitrogens is 1. The normalized spacial score (nSPS) is 10.2. The molecule has 1 N–H and O–H groups in total. The molecule has 0 saturated carbocycles. The number of carbonyl (C=O) groups is 3. The predicted octanol–water partition coefficient (Wildman–Crippen LogP) is 2.85. The van der Waals surface area contributed by atoms with Crippen LogP contribution in [0.3, 0.4) is 0 Å². The minimum Gasteiger partial charge on any atom is -0.466 e. The molecule has 1 amide bonds. The maximum atomic E-state index is 11.9. The Morgan fingerprint density at radius 2 is 1.92 bits per heavy atom. The van der Waals surface area contributed by atoms with E-state index in [0.717, 1.165) is 0 Å². The van der Waals surface area contributed by atoms with E-state index < -0.39 is 0 Å². The number of ketones is 1. The van der Waals surface area contributed by atoms with Crippen LogP contribution < -0.4 is 5.32 Å². The molecule has 0 bridgehead atoms. The van der Waals surface area contributed by atoms with Gasteiger partial charge in [0.1, 0.15) is 0 Å². The summed E-state index contributed by atoms with van der Waals surface area (Å²) >= 11 is 1.23. The van der Waals surface area contributed by atoms with Gasteiger partial charge in [-0.25, -0.2) is 4.98 Å². The highest BCUT2D eigenvalue weighted by molar-refractivity contribution is 7.13. The van der Waals surface area contributed by atoms with Gasteiger partial charge in [0, 0.05) is 23.8 Å². The summed E-state index contributed by atoms with van der Waals surface area (Å²) in [7, 11) is 0. The van der Waals surface area contributed by atoms with E-state index in [1.165, 1.54) is 11.3 Å². The number of esters is 1. The number of hydrogen-bond acceptors (Lipinski definition) is 6. The Morgan fingerprint density at radius 1 is 1.17 bits per heavy atom. The maximum Gasteiger partial charge on any atom is 0.311 e. The average molecular weight is 346 g/mol. The average Bonchev–Trinajstić information content (AvgIpc) is 3.00. The molecule has 1 aromatic carbocycles. The molecule has 0 fully saturated rings. The van der Waals surface area contributed by atoms with Gasteiger partial charge in [0.25, 0.3) is 0 Å². The van der Waals surface area contributed by atoms with Crippen molar-refractivity contribution in [1.29, 1.82) is 0 Å². The van der Waals surface area contributed by atoms with Crippen molar-refractivity contribution in [2.45, 2.75) is 26.2 Å². The molecule has 7 heteroatoms. The fraction of sp³-hybridized carbons (Fsp3) is 0.294. The van der Waals surface area contributed by atoms with Crippen LogP contribution >= 0.6 is 11.3 Å². The van der Waals surface area contributed by atoms with Gasteiger partial charge >= 0.3 is 5.97 Å². The molecule has 0 unspecified atom stereocenters. The Morgan fingerprint density at radius 3 is 2.62 bits per heavy atom. The zero-order chi connectivity index (χ0) is 17.4. The number of nitrogens with zero attached hydrogens (tertiary/aromatic N) is 1. The summed E-state index contributed by atoms with van der Waals surface area (Å²) in [5.41, 5.74) is 1.14. The number of nitrogens with one attached hydrogen (secondary N) is 1. The summed E-state index contributed by atoms with van der Waals surface area (Å²) < 4.78 is 4.84. The third-order valence-corrected chi connectivity index (χ3v) is 3.91. The molecule has 2 rings (SSSR count). The highest BCUT2D eigenvalue weighted by atomic mass is 32.1. The van der Waals surface area contributed by atoms with Gasteiger partial charge in [-0.3, -0.25) is 14.4 Å². The first-order chi connectivity index (χ1) is 11.6. The Hall–Kier alpha value is -2.54. The van der Waals surface area contributed by atoms with E-state index in [-0.39, 0.29) is 36.9 Å². The van der Waals surface area contributed by atoms with Crippen molar-refractivity contribution < 1.29 is 19.1 Å². The van der Waals surface area contributed by atoms with Crippen molar-refractivity contribution in [3.63, 3.8) is 0 Å². The lowest BCUT2D eigenvalue weighted by atomic mass is 10.1. The van der Waals surface area contributed by atoms with Crippen LogP contribution in [0.25, 0.3) is 0 Å². The molecule has 24 heavy (non-hydrogen) atoms. The van der Waals surface area contributed by atoms with Gasteiger partial charge in [-0.15, -0.1) is 11.3 Å². The lowest BCUT2D eigenvalue weighted by molar-refractivity contribution is -0.142. The molecule has 6 nitrogen and oxygen atoms in total. The van der Waals surface area contributed by atoms with E-state index in [9.17, 15) is 14.4 Å². The van der Waals surface area contributed by atoms with Crippen LogP contribution in [-0.4, -0.2) is 29.3 Å². The number of rotatable bonds is 8. The molecule has 1 aromatic heterocycles. The molecule has 0 spiro atoms. The SMILES string of the molecule is CCOC(=O)Cc1csc(NC(=O)CCC(=O)c2ccccc2)n1. The fourth-order valence-electron chi connectivity index (χ4n) is 1.98. The molecule has 0 aliphatic carbocycles. The van der Waals surface area contributed by atoms with Crippen molar-refractivity contribution in [2.24, 2.45) is 0 Å². The highest BCUT2D eigenvalue weighted by Gasteiger charge is 2.12. The number of benzene rings is 1. The zero-order valence-corrected chi connectivity index (χ0v) is 14.1. The van der Waals surface area contributed by atoms with E-state index >= 15 is 0 Å². The largest absolute Gasteiger partial charge is 0.466 e. The quantitative estimate of drug-likeness (QED) is 0.587. The molecule has 0 aliphatic heterocycles. The first kappa shape index (κ1) is 17.8. The van der Waals surface area contributed by atoms with Crippen molar-refractivity contribution >= 4 is 34.1 Å². The molecular weight excluding hydrogens is 328 g/mol. The van der Waals surface area contributed by atoms with Crippen LogP contribution in [-0.2, 0) is 20.7 Å². The van der Waals surface area contributed by atoms with Crippen LogP contribution in [0.2, 0.25) is 0 Å². The maximum absolute atomic E-state index is 11.9. The first-order valence-corrected chi connectivity index (χ1v) is 8.44. The summed E-state index contributed by atoms with van der Waals surface area (Å²) in [6, 6.07) is 8.85. The standard InChI is InChI=1S/C17H18N2O4S/c1-2-23-16(22)10-13-11-24-17(18-13)19-15(21)9-8-14(20)12-6-4-3-5-7-12/h3-7,11H,2,8-10H2,1H3,(H,18,19,21). The van der Waals surface area contributed by atoms with Crippen molar-refractivity contribution in [2.75, 3.05) is 11.9 Å². The van der Waals surface area contributed by atoms with Crippen LogP contribution in [0.4, 0.5) is 5.13 Å². The monoisotopic (exact) mass is 346 g/mol. The number of anilines is 1. The minimum atomic E-state index is -0.353. The van der Waals surface area contributed by atoms with Gasteiger partial charge in [0.15, 0.2) is 10.9 Å². The van der Waals surface area contributed by atoms with E-state index in [2.05, 4.69) is 10.3 Å². The lowest BCUT2D eigenvalue weighted by Crippen LogP contribution is -2.13. The number of amides is 1. The topological polar surface area (TPSA) is 85.4 Å². The molecule has 2 aromatic rings. The smallest absolute Gasteiger partial charge is 0.311 e. The molecule has 0 saturated heterocycles. The Bertz CT molecular complexity index is 712. The number of thiazole rings is 1. The Balaban J connectivity index is 1.79. The second-order valence-corrected chi connectivity index (χ2v) is 5.82. The lowest BCUT2D eigenvalue weighted by Gasteiger charge is -2.02. The molecular formula is C17H18N2O4S. The van der Waals surface area contributed by atoms with Crippen LogP contribution in [0.15, 0.2) is 35.7 Å². The summed E-state index contributed by atoms with van der Waals surface area (Å²) in [5.74, 6) is -0.710. The summed E-state index contributed by atoms with van der Waals surface area (Å²) in [6.45, 7) is 2.06. The number of ether oxygens (including phenoxy) is 1.